The lowest BCUT2D eigenvalue weighted by atomic mass is 10.0. The van der Waals surface area contributed by atoms with Gasteiger partial charge >= 0.3 is 12.2 Å². The van der Waals surface area contributed by atoms with E-state index in [2.05, 4.69) is 20.6 Å². The van der Waals surface area contributed by atoms with Crippen LogP contribution < -0.4 is 21.1 Å². The number of amides is 2. The second-order valence-corrected chi connectivity index (χ2v) is 9.20. The normalized spacial score (nSPS) is 11.0. The highest BCUT2D eigenvalue weighted by Crippen LogP contribution is 2.27. The molecule has 0 fully saturated rings. The van der Waals surface area contributed by atoms with E-state index in [1.54, 1.807) is 51.2 Å². The van der Waals surface area contributed by atoms with Crippen LogP contribution in [0.5, 0.6) is 5.75 Å². The number of nitrogens with two attached hydrogens (primary N) is 1. The van der Waals surface area contributed by atoms with Crippen molar-refractivity contribution in [2.24, 2.45) is 5.73 Å². The lowest BCUT2D eigenvalue weighted by molar-refractivity contribution is 0.0635. The molecule has 35 heavy (non-hydrogen) atoms. The van der Waals surface area contributed by atoms with Crippen LogP contribution in [0.2, 0.25) is 5.28 Å². The maximum Gasteiger partial charge on any atom is 0.412 e. The molecule has 0 saturated heterocycles. The Labute approximate surface area is 209 Å². The quantitative estimate of drug-likeness (QED) is 0.353. The Morgan fingerprint density at radius 2 is 1.89 bits per heavy atom. The van der Waals surface area contributed by atoms with Gasteiger partial charge < -0.3 is 20.5 Å². The van der Waals surface area contributed by atoms with Gasteiger partial charge in [-0.2, -0.15) is 0 Å². The number of primary amides is 1. The molecule has 3 aromatic rings. The van der Waals surface area contributed by atoms with Crippen LogP contribution in [0.15, 0.2) is 48.7 Å². The third kappa shape index (κ3) is 8.15. The number of anilines is 3. The van der Waals surface area contributed by atoms with Crippen LogP contribution in [-0.2, 0) is 17.6 Å². The molecule has 0 radical (unpaired) electrons. The van der Waals surface area contributed by atoms with Crippen molar-refractivity contribution in [3.8, 4) is 5.75 Å². The number of rotatable bonds is 7. The zero-order valence-corrected chi connectivity index (χ0v) is 20.8. The Morgan fingerprint density at radius 1 is 1.11 bits per heavy atom. The highest BCUT2D eigenvalue weighted by atomic mass is 35.5. The maximum absolute atomic E-state index is 12.4. The monoisotopic (exact) mass is 497 g/mol. The van der Waals surface area contributed by atoms with E-state index in [0.717, 1.165) is 22.4 Å². The topological polar surface area (TPSA) is 128 Å². The second-order valence-electron chi connectivity index (χ2n) is 8.86. The number of hydrogen-bond acceptors (Lipinski definition) is 7. The first-order valence-corrected chi connectivity index (χ1v) is 11.3. The summed E-state index contributed by atoms with van der Waals surface area (Å²) >= 11 is 5.95. The summed E-state index contributed by atoms with van der Waals surface area (Å²) in [5, 5.41) is 6.22. The van der Waals surface area contributed by atoms with Crippen LogP contribution in [-0.4, -0.2) is 27.8 Å². The van der Waals surface area contributed by atoms with Crippen molar-refractivity contribution in [3.63, 3.8) is 0 Å². The molecular formula is C25H28ClN5O4. The molecule has 0 aliphatic carbocycles. The molecule has 9 nitrogen and oxygen atoms in total. The maximum atomic E-state index is 12.4. The number of ether oxygens (including phenoxy) is 2. The molecule has 0 atom stereocenters. The Bertz CT molecular complexity index is 1230. The molecule has 0 aliphatic rings. The Kier molecular flexibility index (Phi) is 8.14. The van der Waals surface area contributed by atoms with Gasteiger partial charge in [0, 0.05) is 23.1 Å². The SMILES string of the molecule is Cc1cnc(Cl)nc1Nc1ccc(NC(=O)OC(C)(C)C)c(CCc2cccc(OC(N)=O)c2)c1. The number of aromatic nitrogens is 2. The van der Waals surface area contributed by atoms with Crippen LogP contribution in [0.4, 0.5) is 26.8 Å². The van der Waals surface area contributed by atoms with E-state index >= 15 is 0 Å². The third-order valence-electron chi connectivity index (χ3n) is 4.75. The smallest absolute Gasteiger partial charge is 0.412 e. The van der Waals surface area contributed by atoms with Crippen LogP contribution >= 0.6 is 11.6 Å². The highest BCUT2D eigenvalue weighted by Gasteiger charge is 2.18. The number of carbonyl (C=O) groups is 2. The van der Waals surface area contributed by atoms with Gasteiger partial charge in [0.25, 0.3) is 0 Å². The molecule has 10 heteroatoms. The summed E-state index contributed by atoms with van der Waals surface area (Å²) in [6, 6.07) is 12.7. The number of carbonyl (C=O) groups excluding carboxylic acids is 2. The summed E-state index contributed by atoms with van der Waals surface area (Å²) in [6.45, 7) is 7.28. The number of nitrogens with zero attached hydrogens (tertiary/aromatic N) is 2. The third-order valence-corrected chi connectivity index (χ3v) is 4.93. The zero-order chi connectivity index (χ0) is 25.6. The first-order valence-electron chi connectivity index (χ1n) is 10.9. The fourth-order valence-corrected chi connectivity index (χ4v) is 3.39. The number of aryl methyl sites for hydroxylation is 3. The van der Waals surface area contributed by atoms with Gasteiger partial charge in [-0.3, -0.25) is 5.32 Å². The molecule has 0 bridgehead atoms. The lowest BCUT2D eigenvalue weighted by Crippen LogP contribution is -2.27. The van der Waals surface area contributed by atoms with Crippen molar-refractivity contribution >= 4 is 41.0 Å². The molecule has 1 heterocycles. The van der Waals surface area contributed by atoms with Gasteiger partial charge in [-0.05, 0) is 93.6 Å². The van der Waals surface area contributed by atoms with Gasteiger partial charge in [-0.15, -0.1) is 0 Å². The van der Waals surface area contributed by atoms with Crippen molar-refractivity contribution in [1.82, 2.24) is 9.97 Å². The molecule has 0 saturated carbocycles. The molecule has 2 amide bonds. The zero-order valence-electron chi connectivity index (χ0n) is 20.0. The minimum absolute atomic E-state index is 0.139. The van der Waals surface area contributed by atoms with Crippen molar-refractivity contribution in [1.29, 1.82) is 0 Å². The molecule has 184 valence electrons. The van der Waals surface area contributed by atoms with Crippen LogP contribution in [0.3, 0.4) is 0 Å². The van der Waals surface area contributed by atoms with Crippen molar-refractivity contribution in [3.05, 3.63) is 70.6 Å². The molecule has 3 rings (SSSR count). The molecular weight excluding hydrogens is 470 g/mol. The average Bonchev–Trinajstić information content (AvgIpc) is 2.75. The van der Waals surface area contributed by atoms with Gasteiger partial charge in [0.1, 0.15) is 17.2 Å². The summed E-state index contributed by atoms with van der Waals surface area (Å²) < 4.78 is 10.4. The van der Waals surface area contributed by atoms with E-state index in [0.29, 0.717) is 30.1 Å². The molecule has 1 aromatic heterocycles. The van der Waals surface area contributed by atoms with E-state index in [1.165, 1.54) is 0 Å². The fraction of sp³-hybridized carbons (Fsp3) is 0.280. The second kappa shape index (κ2) is 11.1. The number of halogens is 1. The summed E-state index contributed by atoms with van der Waals surface area (Å²) in [5.74, 6) is 0.953. The standard InChI is InChI=1S/C25H28ClN5O4/c1-15-14-28-22(26)31-21(15)29-18-10-11-20(30-24(33)35-25(2,3)4)17(13-18)9-8-16-6-5-7-19(12-16)34-23(27)32/h5-7,10-14H,8-9H2,1-4H3,(H2,27,32)(H,30,33)(H,28,29,31). The van der Waals surface area contributed by atoms with Gasteiger partial charge in [-0.1, -0.05) is 12.1 Å². The van der Waals surface area contributed by atoms with E-state index in [-0.39, 0.29) is 5.28 Å². The van der Waals surface area contributed by atoms with E-state index in [1.807, 2.05) is 25.1 Å². The minimum Gasteiger partial charge on any atom is -0.444 e. The van der Waals surface area contributed by atoms with E-state index in [4.69, 9.17) is 26.8 Å². The Hall–Kier alpha value is -3.85. The number of nitrogens with one attached hydrogen (secondary N) is 2. The van der Waals surface area contributed by atoms with Gasteiger partial charge in [0.2, 0.25) is 5.28 Å². The highest BCUT2D eigenvalue weighted by molar-refractivity contribution is 6.28. The van der Waals surface area contributed by atoms with Crippen LogP contribution in [0.1, 0.15) is 37.5 Å². The fourth-order valence-electron chi connectivity index (χ4n) is 3.26. The molecule has 2 aromatic carbocycles. The predicted octanol–water partition coefficient (Wildman–Crippen LogP) is 5.77. The first-order chi connectivity index (χ1) is 16.5. The Morgan fingerprint density at radius 3 is 2.60 bits per heavy atom. The summed E-state index contributed by atoms with van der Waals surface area (Å²) in [7, 11) is 0. The average molecular weight is 498 g/mol. The Balaban J connectivity index is 1.85. The molecule has 0 unspecified atom stereocenters. The largest absolute Gasteiger partial charge is 0.444 e. The molecule has 0 aliphatic heterocycles. The van der Waals surface area contributed by atoms with Crippen molar-refractivity contribution in [2.45, 2.75) is 46.1 Å². The number of hydrogen-bond donors (Lipinski definition) is 3. The van der Waals surface area contributed by atoms with Gasteiger partial charge in [-0.25, -0.2) is 19.6 Å². The summed E-state index contributed by atoms with van der Waals surface area (Å²) in [5.41, 5.74) is 8.49. The number of benzene rings is 2. The van der Waals surface area contributed by atoms with Crippen molar-refractivity contribution in [2.75, 3.05) is 10.6 Å². The van der Waals surface area contributed by atoms with Crippen LogP contribution in [0, 0.1) is 6.92 Å². The molecule has 4 N–H and O–H groups in total. The van der Waals surface area contributed by atoms with Crippen molar-refractivity contribution < 1.29 is 19.1 Å². The first kappa shape index (κ1) is 25.8. The summed E-state index contributed by atoms with van der Waals surface area (Å²) in [4.78, 5) is 31.7. The molecule has 0 spiro atoms. The summed E-state index contributed by atoms with van der Waals surface area (Å²) in [6.07, 6.45) is 1.41. The van der Waals surface area contributed by atoms with E-state index in [9.17, 15) is 9.59 Å². The van der Waals surface area contributed by atoms with Gasteiger partial charge in [0.15, 0.2) is 0 Å². The predicted molar refractivity (Wildman–Crippen MR) is 135 cm³/mol. The van der Waals surface area contributed by atoms with Gasteiger partial charge in [0.05, 0.1) is 0 Å². The van der Waals surface area contributed by atoms with E-state index < -0.39 is 17.8 Å². The lowest BCUT2D eigenvalue weighted by Gasteiger charge is -2.21. The van der Waals surface area contributed by atoms with Crippen LogP contribution in [0.25, 0.3) is 0 Å². The minimum atomic E-state index is -0.870.